The topological polar surface area (TPSA) is 80.8 Å². The van der Waals surface area contributed by atoms with Crippen LogP contribution in [0.25, 0.3) is 11.3 Å². The molecule has 0 spiro atoms. The number of fused-ring (bicyclic) bond motifs is 1. The maximum absolute atomic E-state index is 13.4. The van der Waals surface area contributed by atoms with Crippen LogP contribution in [0.4, 0.5) is 5.82 Å². The molecule has 1 N–H and O–H groups in total. The zero-order valence-corrected chi connectivity index (χ0v) is 21.7. The monoisotopic (exact) mass is 509 g/mol. The molecule has 36 heavy (non-hydrogen) atoms. The molecule has 2 aliphatic heterocycles. The fraction of sp³-hybridized carbons (Fsp3) is 0.571. The average Bonchev–Trinajstić information content (AvgIpc) is 3.63. The van der Waals surface area contributed by atoms with Crippen LogP contribution in [0.15, 0.2) is 47.4 Å². The Bertz CT molecular complexity index is 1140. The molecule has 0 radical (unpaired) electrons. The lowest BCUT2D eigenvalue weighted by atomic mass is 9.72. The summed E-state index contributed by atoms with van der Waals surface area (Å²) in [4.78, 5) is 19.0. The molecule has 2 saturated carbocycles. The highest BCUT2D eigenvalue weighted by atomic mass is 32.2. The molecular formula is C28H35N3O4S. The van der Waals surface area contributed by atoms with Crippen molar-refractivity contribution in [3.63, 3.8) is 0 Å². The van der Waals surface area contributed by atoms with Crippen LogP contribution in [0.2, 0.25) is 0 Å². The Morgan fingerprint density at radius 2 is 1.97 bits per heavy atom. The fourth-order valence-corrected chi connectivity index (χ4v) is 7.68. The van der Waals surface area contributed by atoms with Gasteiger partial charge in [-0.15, -0.1) is 0 Å². The maximum atomic E-state index is 13.4. The van der Waals surface area contributed by atoms with Crippen molar-refractivity contribution in [2.75, 3.05) is 25.3 Å². The standard InChI is InChI=1S/C28H35N3O4S/c1-19-4-3-15-31(19)36(33)23-11-8-20(9-12-23)24-5-2-6-26(29-24)30-27(32)28(13-14-28)22-10-7-21-17-34-18-35-25(21)16-22/h2,5-6,8-9,11-12,19,21-22,25H,3-4,7,10,13-18H2,1H3,(H,29,30,32)/t19-,21?,22?,25?,36?/m0/s1. The number of nitrogens with zero attached hydrogens (tertiary/aromatic N) is 2. The molecule has 4 aliphatic rings. The zero-order valence-electron chi connectivity index (χ0n) is 20.9. The van der Waals surface area contributed by atoms with Gasteiger partial charge in [-0.3, -0.25) is 4.79 Å². The highest BCUT2D eigenvalue weighted by molar-refractivity contribution is 7.82. The number of amides is 1. The van der Waals surface area contributed by atoms with Crippen molar-refractivity contribution in [2.45, 2.75) is 68.9 Å². The van der Waals surface area contributed by atoms with Gasteiger partial charge in [-0.1, -0.05) is 18.2 Å². The number of pyridine rings is 1. The molecule has 1 aromatic heterocycles. The highest BCUT2D eigenvalue weighted by Crippen LogP contribution is 2.58. The number of carbonyl (C=O) groups excluding carboxylic acids is 1. The number of carbonyl (C=O) groups is 1. The van der Waals surface area contributed by atoms with E-state index < -0.39 is 11.0 Å². The first kappa shape index (κ1) is 24.2. The number of rotatable bonds is 6. The molecule has 1 aromatic carbocycles. The summed E-state index contributed by atoms with van der Waals surface area (Å²) in [7, 11) is -1.13. The smallest absolute Gasteiger partial charge is 0.232 e. The molecule has 4 fully saturated rings. The van der Waals surface area contributed by atoms with E-state index in [-0.39, 0.29) is 17.4 Å². The van der Waals surface area contributed by atoms with Crippen LogP contribution in [0.1, 0.15) is 51.9 Å². The average molecular weight is 510 g/mol. The Hall–Kier alpha value is -2.13. The predicted molar refractivity (Wildman–Crippen MR) is 138 cm³/mol. The predicted octanol–water partition coefficient (Wildman–Crippen LogP) is 4.76. The van der Waals surface area contributed by atoms with Crippen LogP contribution in [0.5, 0.6) is 0 Å². The van der Waals surface area contributed by atoms with Crippen molar-refractivity contribution in [1.29, 1.82) is 0 Å². The Labute approximate surface area is 215 Å². The maximum Gasteiger partial charge on any atom is 0.232 e. The summed E-state index contributed by atoms with van der Waals surface area (Å²) in [6.07, 6.45) is 7.34. The minimum absolute atomic E-state index is 0.0909. The number of ether oxygens (including phenoxy) is 2. The lowest BCUT2D eigenvalue weighted by Crippen LogP contribution is -2.43. The number of benzene rings is 1. The van der Waals surface area contributed by atoms with Gasteiger partial charge in [-0.25, -0.2) is 13.5 Å². The first-order valence-electron chi connectivity index (χ1n) is 13.3. The van der Waals surface area contributed by atoms with Crippen LogP contribution in [-0.2, 0) is 25.3 Å². The van der Waals surface area contributed by atoms with E-state index in [0.29, 0.717) is 30.5 Å². The van der Waals surface area contributed by atoms with E-state index in [4.69, 9.17) is 14.5 Å². The summed E-state index contributed by atoms with van der Waals surface area (Å²) >= 11 is 0. The Morgan fingerprint density at radius 1 is 1.14 bits per heavy atom. The summed E-state index contributed by atoms with van der Waals surface area (Å²) < 4.78 is 26.4. The van der Waals surface area contributed by atoms with Gasteiger partial charge < -0.3 is 14.8 Å². The Kier molecular flexibility index (Phi) is 6.71. The number of hydrogen-bond donors (Lipinski definition) is 1. The van der Waals surface area contributed by atoms with Crippen LogP contribution < -0.4 is 5.32 Å². The van der Waals surface area contributed by atoms with E-state index in [1.165, 1.54) is 0 Å². The molecule has 2 aliphatic carbocycles. The molecule has 3 heterocycles. The quantitative estimate of drug-likeness (QED) is 0.607. The Morgan fingerprint density at radius 3 is 2.72 bits per heavy atom. The molecular weight excluding hydrogens is 474 g/mol. The van der Waals surface area contributed by atoms with Gasteiger partial charge in [0.2, 0.25) is 5.91 Å². The van der Waals surface area contributed by atoms with Crippen molar-refractivity contribution < 1.29 is 18.5 Å². The second-order valence-corrected chi connectivity index (χ2v) is 12.3. The second kappa shape index (κ2) is 9.97. The number of hydrogen-bond acceptors (Lipinski definition) is 5. The van der Waals surface area contributed by atoms with Crippen molar-refractivity contribution >= 4 is 22.7 Å². The van der Waals surface area contributed by atoms with E-state index in [2.05, 4.69) is 16.5 Å². The van der Waals surface area contributed by atoms with E-state index in [0.717, 1.165) is 74.3 Å². The molecule has 4 unspecified atom stereocenters. The number of anilines is 1. The highest BCUT2D eigenvalue weighted by Gasteiger charge is 2.57. The third-order valence-electron chi connectivity index (χ3n) is 8.70. The summed E-state index contributed by atoms with van der Waals surface area (Å²) in [6, 6.07) is 13.9. The molecule has 7 nitrogen and oxygen atoms in total. The summed E-state index contributed by atoms with van der Waals surface area (Å²) in [6.45, 7) is 4.17. The zero-order chi connectivity index (χ0) is 24.7. The van der Waals surface area contributed by atoms with Gasteiger partial charge >= 0.3 is 0 Å². The van der Waals surface area contributed by atoms with Crippen LogP contribution >= 0.6 is 0 Å². The molecule has 5 atom stereocenters. The van der Waals surface area contributed by atoms with Gasteiger partial charge in [0.15, 0.2) is 0 Å². The van der Waals surface area contributed by atoms with Crippen molar-refractivity contribution in [2.24, 2.45) is 17.3 Å². The molecule has 1 amide bonds. The minimum atomic E-state index is -1.13. The first-order chi connectivity index (χ1) is 17.5. The van der Waals surface area contributed by atoms with Crippen molar-refractivity contribution in [1.82, 2.24) is 9.29 Å². The third kappa shape index (κ3) is 4.64. The van der Waals surface area contributed by atoms with E-state index in [1.807, 2.05) is 42.5 Å². The third-order valence-corrected chi connectivity index (χ3v) is 10.3. The van der Waals surface area contributed by atoms with Crippen molar-refractivity contribution in [3.05, 3.63) is 42.5 Å². The largest absolute Gasteiger partial charge is 0.355 e. The molecule has 8 heteroatoms. The number of nitrogens with one attached hydrogen (secondary N) is 1. The Balaban J connectivity index is 1.12. The SMILES string of the molecule is C[C@H]1CCCN1S(=O)c1ccc(-c2cccc(NC(=O)C3(C4CCC5COCOC5C4)CC3)n2)cc1. The summed E-state index contributed by atoms with van der Waals surface area (Å²) in [5.74, 6) is 1.49. The molecule has 0 bridgehead atoms. The lowest BCUT2D eigenvalue weighted by molar-refractivity contribution is -0.188. The first-order valence-corrected chi connectivity index (χ1v) is 14.4. The van der Waals surface area contributed by atoms with Crippen molar-refractivity contribution in [3.8, 4) is 11.3 Å². The normalized spacial score (nSPS) is 30.4. The van der Waals surface area contributed by atoms with Gasteiger partial charge in [-0.05, 0) is 82.1 Å². The van der Waals surface area contributed by atoms with Crippen LogP contribution in [0.3, 0.4) is 0 Å². The molecule has 2 saturated heterocycles. The fourth-order valence-electron chi connectivity index (χ4n) is 6.32. The van der Waals surface area contributed by atoms with Crippen LogP contribution in [-0.4, -0.2) is 51.5 Å². The lowest BCUT2D eigenvalue weighted by Gasteiger charge is -2.41. The van der Waals surface area contributed by atoms with Gasteiger partial charge in [-0.2, -0.15) is 0 Å². The molecule has 2 aromatic rings. The van der Waals surface area contributed by atoms with Gasteiger partial charge in [0, 0.05) is 24.1 Å². The second-order valence-electron chi connectivity index (χ2n) is 10.9. The van der Waals surface area contributed by atoms with E-state index in [1.54, 1.807) is 0 Å². The van der Waals surface area contributed by atoms with Gasteiger partial charge in [0.25, 0.3) is 0 Å². The molecule has 192 valence electrons. The minimum Gasteiger partial charge on any atom is -0.355 e. The van der Waals surface area contributed by atoms with Crippen LogP contribution in [0, 0.1) is 17.3 Å². The van der Waals surface area contributed by atoms with E-state index in [9.17, 15) is 9.00 Å². The number of aromatic nitrogens is 1. The van der Waals surface area contributed by atoms with Gasteiger partial charge in [0.05, 0.1) is 28.7 Å². The summed E-state index contributed by atoms with van der Waals surface area (Å²) in [5.41, 5.74) is 1.45. The summed E-state index contributed by atoms with van der Waals surface area (Å²) in [5, 5.41) is 3.12. The van der Waals surface area contributed by atoms with Gasteiger partial charge in [0.1, 0.15) is 23.6 Å². The molecule has 6 rings (SSSR count). The van der Waals surface area contributed by atoms with E-state index >= 15 is 0 Å².